The van der Waals surface area contributed by atoms with Gasteiger partial charge in [0.15, 0.2) is 12.0 Å². The molecule has 1 saturated heterocycles. The van der Waals surface area contributed by atoms with Crippen LogP contribution in [0.5, 0.6) is 5.75 Å². The summed E-state index contributed by atoms with van der Waals surface area (Å²) in [6.45, 7) is 12.6. The van der Waals surface area contributed by atoms with Crippen LogP contribution in [0.15, 0.2) is 42.2 Å². The summed E-state index contributed by atoms with van der Waals surface area (Å²) >= 11 is 0. The molecule has 0 spiro atoms. The maximum absolute atomic E-state index is 17.4. The van der Waals surface area contributed by atoms with Gasteiger partial charge in [0.25, 0.3) is 0 Å². The van der Waals surface area contributed by atoms with Crippen molar-refractivity contribution in [3.8, 4) is 16.9 Å². The lowest BCUT2D eigenvalue weighted by Crippen LogP contribution is -2.66. The largest absolute Gasteiger partial charge is 0.496 e. The first-order valence-corrected chi connectivity index (χ1v) is 16.1. The van der Waals surface area contributed by atoms with Crippen LogP contribution in [-0.2, 0) is 9.53 Å². The topological polar surface area (TPSA) is 107 Å². The van der Waals surface area contributed by atoms with Gasteiger partial charge >= 0.3 is 6.09 Å². The van der Waals surface area contributed by atoms with E-state index in [0.717, 1.165) is 12.1 Å². The number of pyridine rings is 1. The van der Waals surface area contributed by atoms with Gasteiger partial charge in [-0.1, -0.05) is 19.9 Å². The second-order valence-corrected chi connectivity index (χ2v) is 13.9. The Balaban J connectivity index is 1.61. The molecule has 3 aliphatic heterocycles. The van der Waals surface area contributed by atoms with Gasteiger partial charge in [-0.05, 0) is 70.4 Å². The monoisotopic (exact) mass is 679 g/mol. The zero-order valence-corrected chi connectivity index (χ0v) is 28.7. The average molecular weight is 680 g/mol. The number of hydrogen-bond acceptors (Lipinski definition) is 8. The molecule has 1 unspecified atom stereocenters. The van der Waals surface area contributed by atoms with Crippen molar-refractivity contribution in [1.82, 2.24) is 20.1 Å². The van der Waals surface area contributed by atoms with Crippen molar-refractivity contribution < 1.29 is 37.3 Å². The Morgan fingerprint density at radius 2 is 1.80 bits per heavy atom. The minimum absolute atomic E-state index is 0.0136. The highest BCUT2D eigenvalue weighted by Crippen LogP contribution is 2.51. The standard InChI is InChI=1S/C36H40F3N5O5/c1-17(2)28-30(18(3)12-13-40-28)44-31-20(14-22(38)26(27(31)39)25-21(37)10-9-11-24(25)48-8)32-29(34(44)46)41-33(45)23-16-42(19(4)15-43(23)32)35(47)49-36(5,6)7/h9-14,17,19,23,34,46H,15-16H2,1-8H3,(H,41,45)/t19-,23-,34?/m1/s1. The van der Waals surface area contributed by atoms with Crippen LogP contribution in [0.4, 0.5) is 29.3 Å². The van der Waals surface area contributed by atoms with Crippen molar-refractivity contribution in [2.75, 3.05) is 25.1 Å². The second-order valence-electron chi connectivity index (χ2n) is 13.9. The number of carbonyl (C=O) groups is 2. The summed E-state index contributed by atoms with van der Waals surface area (Å²) in [5, 5.41) is 15.0. The normalized spacial score (nSPS) is 20.6. The summed E-state index contributed by atoms with van der Waals surface area (Å²) in [5.41, 5.74) is -0.380. The molecule has 0 radical (unpaired) electrons. The van der Waals surface area contributed by atoms with Gasteiger partial charge in [0.05, 0.1) is 53.2 Å². The van der Waals surface area contributed by atoms with Crippen LogP contribution < -0.4 is 15.0 Å². The molecule has 2 amide bonds. The van der Waals surface area contributed by atoms with Crippen LogP contribution >= 0.6 is 0 Å². The number of nitrogens with zero attached hydrogens (tertiary/aromatic N) is 4. The quantitative estimate of drug-likeness (QED) is 0.337. The van der Waals surface area contributed by atoms with Gasteiger partial charge in [-0.15, -0.1) is 0 Å². The number of hydrogen-bond donors (Lipinski definition) is 2. The lowest BCUT2D eigenvalue weighted by molar-refractivity contribution is -0.128. The van der Waals surface area contributed by atoms with E-state index in [1.54, 1.807) is 51.8 Å². The third-order valence-corrected chi connectivity index (χ3v) is 9.05. The third-order valence-electron chi connectivity index (χ3n) is 9.05. The first kappa shape index (κ1) is 34.1. The number of rotatable bonds is 4. The van der Waals surface area contributed by atoms with E-state index in [9.17, 15) is 14.7 Å². The first-order chi connectivity index (χ1) is 23.0. The van der Waals surface area contributed by atoms with Gasteiger partial charge in [-0.25, -0.2) is 18.0 Å². The van der Waals surface area contributed by atoms with Crippen LogP contribution in [0.2, 0.25) is 0 Å². The van der Waals surface area contributed by atoms with Crippen molar-refractivity contribution in [3.63, 3.8) is 0 Å². The highest BCUT2D eigenvalue weighted by atomic mass is 19.1. The number of anilines is 2. The van der Waals surface area contributed by atoms with E-state index in [1.807, 2.05) is 13.8 Å². The number of nitrogens with one attached hydrogen (secondary N) is 1. The molecule has 49 heavy (non-hydrogen) atoms. The molecule has 0 bridgehead atoms. The van der Waals surface area contributed by atoms with Crippen molar-refractivity contribution in [1.29, 1.82) is 0 Å². The molecule has 3 aromatic rings. The number of aliphatic hydroxyl groups excluding tert-OH is 1. The number of aryl methyl sites for hydroxylation is 1. The van der Waals surface area contributed by atoms with E-state index in [-0.39, 0.29) is 47.4 Å². The Morgan fingerprint density at radius 1 is 1.08 bits per heavy atom. The summed E-state index contributed by atoms with van der Waals surface area (Å²) in [6.07, 6.45) is -0.677. The van der Waals surface area contributed by atoms with Gasteiger partial charge in [0.1, 0.15) is 29.0 Å². The van der Waals surface area contributed by atoms with Gasteiger partial charge in [0.2, 0.25) is 5.91 Å². The van der Waals surface area contributed by atoms with Crippen molar-refractivity contribution in [2.45, 2.75) is 78.3 Å². The Kier molecular flexibility index (Phi) is 8.54. The number of piperazine rings is 1. The number of fused-ring (bicyclic) bond motifs is 4. The summed E-state index contributed by atoms with van der Waals surface area (Å²) < 4.78 is 60.2. The third kappa shape index (κ3) is 5.63. The highest BCUT2D eigenvalue weighted by Gasteiger charge is 2.50. The number of halogens is 3. The van der Waals surface area contributed by atoms with E-state index in [2.05, 4.69) is 10.3 Å². The molecule has 1 fully saturated rings. The van der Waals surface area contributed by atoms with Crippen LogP contribution in [-0.4, -0.2) is 76.0 Å². The molecule has 3 atom stereocenters. The van der Waals surface area contributed by atoms with E-state index >= 15 is 13.2 Å². The van der Waals surface area contributed by atoms with Crippen LogP contribution in [0, 0.1) is 24.4 Å². The van der Waals surface area contributed by atoms with E-state index < -0.39 is 64.5 Å². The second kappa shape index (κ2) is 12.3. The molecular formula is C36H40F3N5O5. The zero-order valence-electron chi connectivity index (χ0n) is 28.7. The molecule has 4 heterocycles. The number of aromatic nitrogens is 1. The number of ether oxygens (including phenoxy) is 2. The van der Waals surface area contributed by atoms with E-state index in [1.165, 1.54) is 29.0 Å². The molecule has 0 aliphatic carbocycles. The molecular weight excluding hydrogens is 639 g/mol. The Hall–Kier alpha value is -4.78. The number of aliphatic hydroxyl groups is 1. The molecule has 0 saturated carbocycles. The molecule has 1 aromatic heterocycles. The number of methoxy groups -OCH3 is 1. The average Bonchev–Trinajstić information content (AvgIpc) is 3.01. The van der Waals surface area contributed by atoms with Crippen LogP contribution in [0.3, 0.4) is 0 Å². The molecule has 3 aliphatic rings. The summed E-state index contributed by atoms with van der Waals surface area (Å²) in [7, 11) is 1.27. The van der Waals surface area contributed by atoms with Crippen molar-refractivity contribution >= 4 is 29.1 Å². The zero-order chi connectivity index (χ0) is 35.7. The lowest BCUT2D eigenvalue weighted by atomic mass is 9.89. The number of benzene rings is 2. The summed E-state index contributed by atoms with van der Waals surface area (Å²) in [5.74, 6) is -3.92. The minimum Gasteiger partial charge on any atom is -0.496 e. The maximum atomic E-state index is 17.4. The Bertz CT molecular complexity index is 1890. The fraction of sp³-hybridized carbons (Fsp3) is 0.417. The highest BCUT2D eigenvalue weighted by molar-refractivity contribution is 5.97. The van der Waals surface area contributed by atoms with E-state index in [4.69, 9.17) is 9.47 Å². The Labute approximate surface area is 283 Å². The SMILES string of the molecule is COc1cccc(F)c1-c1c(F)cc2c(c1F)N(c1c(C)ccnc1C(C)C)C(O)C1=C2N2C[C@@H](C)N(C(=O)OC(C)(C)C)C[C@@H]2C(=O)N1. The van der Waals surface area contributed by atoms with Gasteiger partial charge < -0.3 is 34.6 Å². The van der Waals surface area contributed by atoms with Gasteiger partial charge in [0, 0.05) is 24.3 Å². The maximum Gasteiger partial charge on any atom is 0.410 e. The summed E-state index contributed by atoms with van der Waals surface area (Å²) in [6, 6.07) is 5.18. The predicted octanol–water partition coefficient (Wildman–Crippen LogP) is 6.18. The van der Waals surface area contributed by atoms with E-state index in [0.29, 0.717) is 16.9 Å². The molecule has 13 heteroatoms. The molecule has 6 rings (SSSR count). The van der Waals surface area contributed by atoms with Crippen LogP contribution in [0.1, 0.15) is 64.3 Å². The summed E-state index contributed by atoms with van der Waals surface area (Å²) in [4.78, 5) is 35.9. The first-order valence-electron chi connectivity index (χ1n) is 16.1. The lowest BCUT2D eigenvalue weighted by Gasteiger charge is -2.52. The van der Waals surface area contributed by atoms with Crippen molar-refractivity contribution in [2.24, 2.45) is 0 Å². The fourth-order valence-corrected chi connectivity index (χ4v) is 6.90. The smallest absolute Gasteiger partial charge is 0.410 e. The molecule has 2 aromatic carbocycles. The molecule has 2 N–H and O–H groups in total. The van der Waals surface area contributed by atoms with Gasteiger partial charge in [-0.2, -0.15) is 0 Å². The molecule has 260 valence electrons. The molecule has 10 nitrogen and oxygen atoms in total. The number of carbonyl (C=O) groups excluding carboxylic acids is 2. The van der Waals surface area contributed by atoms with Crippen LogP contribution in [0.25, 0.3) is 16.8 Å². The van der Waals surface area contributed by atoms with Crippen molar-refractivity contribution in [3.05, 3.63) is 76.5 Å². The fourth-order valence-electron chi connectivity index (χ4n) is 6.90. The predicted molar refractivity (Wildman–Crippen MR) is 177 cm³/mol. The number of amides is 2. The minimum atomic E-state index is -1.68. The Morgan fingerprint density at radius 3 is 2.45 bits per heavy atom. The van der Waals surface area contributed by atoms with Gasteiger partial charge in [-0.3, -0.25) is 9.78 Å².